The van der Waals surface area contributed by atoms with Gasteiger partial charge in [0, 0.05) is 20.6 Å². The lowest BCUT2D eigenvalue weighted by Crippen LogP contribution is -2.26. The molecular weight excluding hydrogens is 276 g/mol. The summed E-state index contributed by atoms with van der Waals surface area (Å²) in [5, 5.41) is 2.83. The zero-order chi connectivity index (χ0) is 15.2. The van der Waals surface area contributed by atoms with Gasteiger partial charge < -0.3 is 5.32 Å². The standard InChI is InChI=1S/C14H22N2O3S/c1-4-5-10-15-14(17)11-12-6-8-13(9-7-12)20(18,19)16(2)3/h6-9H,4-5,10-11H2,1-3H3,(H,15,17). The molecule has 20 heavy (non-hydrogen) atoms. The van der Waals surface area contributed by atoms with Gasteiger partial charge >= 0.3 is 0 Å². The molecule has 1 aromatic rings. The Balaban J connectivity index is 2.66. The number of sulfonamides is 1. The second-order valence-electron chi connectivity index (χ2n) is 4.81. The van der Waals surface area contributed by atoms with Gasteiger partial charge in [-0.3, -0.25) is 4.79 Å². The van der Waals surface area contributed by atoms with Crippen molar-refractivity contribution in [2.45, 2.75) is 31.1 Å². The van der Waals surface area contributed by atoms with E-state index < -0.39 is 10.0 Å². The van der Waals surface area contributed by atoms with Crippen LogP contribution < -0.4 is 5.32 Å². The van der Waals surface area contributed by atoms with Crippen molar-refractivity contribution >= 4 is 15.9 Å². The Labute approximate surface area is 121 Å². The number of amides is 1. The third-order valence-corrected chi connectivity index (χ3v) is 4.75. The van der Waals surface area contributed by atoms with Gasteiger partial charge in [0.2, 0.25) is 15.9 Å². The fourth-order valence-corrected chi connectivity index (χ4v) is 2.54. The molecule has 0 saturated heterocycles. The first-order chi connectivity index (χ1) is 9.37. The number of carbonyl (C=O) groups excluding carboxylic acids is 1. The first-order valence-electron chi connectivity index (χ1n) is 6.66. The zero-order valence-corrected chi connectivity index (χ0v) is 13.0. The monoisotopic (exact) mass is 298 g/mol. The van der Waals surface area contributed by atoms with Crippen molar-refractivity contribution in [2.75, 3.05) is 20.6 Å². The normalized spacial score (nSPS) is 11.6. The molecule has 6 heteroatoms. The summed E-state index contributed by atoms with van der Waals surface area (Å²) >= 11 is 0. The van der Waals surface area contributed by atoms with Crippen LogP contribution >= 0.6 is 0 Å². The number of nitrogens with zero attached hydrogens (tertiary/aromatic N) is 1. The molecule has 0 aliphatic carbocycles. The van der Waals surface area contributed by atoms with Crippen LogP contribution in [0.4, 0.5) is 0 Å². The van der Waals surface area contributed by atoms with E-state index in [4.69, 9.17) is 0 Å². The molecule has 1 amide bonds. The van der Waals surface area contributed by atoms with Gasteiger partial charge in [-0.25, -0.2) is 12.7 Å². The molecule has 0 aliphatic heterocycles. The van der Waals surface area contributed by atoms with Gasteiger partial charge in [0.15, 0.2) is 0 Å². The third kappa shape index (κ3) is 4.61. The zero-order valence-electron chi connectivity index (χ0n) is 12.2. The fraction of sp³-hybridized carbons (Fsp3) is 0.500. The maximum atomic E-state index is 11.9. The second kappa shape index (κ2) is 7.40. The van der Waals surface area contributed by atoms with E-state index in [1.165, 1.54) is 30.5 Å². The number of benzene rings is 1. The third-order valence-electron chi connectivity index (χ3n) is 2.92. The van der Waals surface area contributed by atoms with E-state index in [1.54, 1.807) is 12.1 Å². The van der Waals surface area contributed by atoms with Crippen LogP contribution in [0.25, 0.3) is 0 Å². The molecule has 5 nitrogen and oxygen atoms in total. The van der Waals surface area contributed by atoms with Gasteiger partial charge in [-0.05, 0) is 24.1 Å². The van der Waals surface area contributed by atoms with Crippen molar-refractivity contribution < 1.29 is 13.2 Å². The first kappa shape index (κ1) is 16.7. The summed E-state index contributed by atoms with van der Waals surface area (Å²) in [6.07, 6.45) is 2.27. The summed E-state index contributed by atoms with van der Waals surface area (Å²) < 4.78 is 24.9. The summed E-state index contributed by atoms with van der Waals surface area (Å²) in [4.78, 5) is 11.9. The van der Waals surface area contributed by atoms with Crippen molar-refractivity contribution in [3.8, 4) is 0 Å². The average Bonchev–Trinajstić information content (AvgIpc) is 2.39. The van der Waals surface area contributed by atoms with Crippen LogP contribution in [0.3, 0.4) is 0 Å². The molecule has 0 heterocycles. The number of hydrogen-bond donors (Lipinski definition) is 1. The minimum absolute atomic E-state index is 0.0401. The Hall–Kier alpha value is -1.40. The summed E-state index contributed by atoms with van der Waals surface area (Å²) in [6.45, 7) is 2.75. The Kier molecular flexibility index (Phi) is 6.16. The first-order valence-corrected chi connectivity index (χ1v) is 8.10. The van der Waals surface area contributed by atoms with E-state index in [0.29, 0.717) is 6.54 Å². The van der Waals surface area contributed by atoms with Crippen LogP contribution in [0.15, 0.2) is 29.2 Å². The number of carbonyl (C=O) groups is 1. The molecule has 0 atom stereocenters. The van der Waals surface area contributed by atoms with E-state index in [-0.39, 0.29) is 17.2 Å². The summed E-state index contributed by atoms with van der Waals surface area (Å²) in [6, 6.07) is 6.42. The Bertz CT molecular complexity index is 536. The van der Waals surface area contributed by atoms with Gasteiger partial charge in [-0.2, -0.15) is 0 Å². The predicted octanol–water partition coefficient (Wildman–Crippen LogP) is 1.40. The molecule has 0 saturated carbocycles. The van der Waals surface area contributed by atoms with Gasteiger partial charge in [0.05, 0.1) is 11.3 Å². The molecule has 0 fully saturated rings. The van der Waals surface area contributed by atoms with Crippen molar-refractivity contribution in [1.82, 2.24) is 9.62 Å². The lowest BCUT2D eigenvalue weighted by Gasteiger charge is -2.11. The summed E-state index contributed by atoms with van der Waals surface area (Å²) in [7, 11) is -0.426. The smallest absolute Gasteiger partial charge is 0.242 e. The second-order valence-corrected chi connectivity index (χ2v) is 6.96. The Morgan fingerprint density at radius 3 is 2.30 bits per heavy atom. The maximum absolute atomic E-state index is 11.9. The number of nitrogens with one attached hydrogen (secondary N) is 1. The molecule has 1 rings (SSSR count). The van der Waals surface area contributed by atoms with Crippen LogP contribution in [0.1, 0.15) is 25.3 Å². The van der Waals surface area contributed by atoms with E-state index in [9.17, 15) is 13.2 Å². The van der Waals surface area contributed by atoms with E-state index in [0.717, 1.165) is 18.4 Å². The molecule has 0 unspecified atom stereocenters. The van der Waals surface area contributed by atoms with Crippen LogP contribution in [0.5, 0.6) is 0 Å². The maximum Gasteiger partial charge on any atom is 0.242 e. The lowest BCUT2D eigenvalue weighted by molar-refractivity contribution is -0.120. The molecule has 1 N–H and O–H groups in total. The summed E-state index contributed by atoms with van der Waals surface area (Å²) in [5.74, 6) is -0.0401. The molecule has 0 spiro atoms. The minimum Gasteiger partial charge on any atom is -0.356 e. The molecule has 112 valence electrons. The minimum atomic E-state index is -3.41. The number of hydrogen-bond acceptors (Lipinski definition) is 3. The highest BCUT2D eigenvalue weighted by atomic mass is 32.2. The molecular formula is C14H22N2O3S. The van der Waals surface area contributed by atoms with E-state index >= 15 is 0 Å². The fourth-order valence-electron chi connectivity index (χ4n) is 1.64. The van der Waals surface area contributed by atoms with Gasteiger partial charge in [0.1, 0.15) is 0 Å². The highest BCUT2D eigenvalue weighted by Gasteiger charge is 2.16. The molecule has 0 aliphatic rings. The van der Waals surface area contributed by atoms with E-state index in [1.807, 2.05) is 0 Å². The van der Waals surface area contributed by atoms with Crippen LogP contribution in [0, 0.1) is 0 Å². The summed E-state index contributed by atoms with van der Waals surface area (Å²) in [5.41, 5.74) is 0.803. The Morgan fingerprint density at radius 2 is 1.80 bits per heavy atom. The van der Waals surface area contributed by atoms with Crippen molar-refractivity contribution in [2.24, 2.45) is 0 Å². The molecule has 1 aromatic carbocycles. The van der Waals surface area contributed by atoms with Crippen molar-refractivity contribution in [1.29, 1.82) is 0 Å². The number of unbranched alkanes of at least 4 members (excludes halogenated alkanes) is 1. The van der Waals surface area contributed by atoms with Crippen LogP contribution in [-0.2, 0) is 21.2 Å². The quantitative estimate of drug-likeness (QED) is 0.774. The van der Waals surface area contributed by atoms with Gasteiger partial charge in [0.25, 0.3) is 0 Å². The van der Waals surface area contributed by atoms with Gasteiger partial charge in [-0.15, -0.1) is 0 Å². The lowest BCUT2D eigenvalue weighted by atomic mass is 10.1. The molecule has 0 aromatic heterocycles. The van der Waals surface area contributed by atoms with Crippen LogP contribution in [0.2, 0.25) is 0 Å². The van der Waals surface area contributed by atoms with E-state index in [2.05, 4.69) is 12.2 Å². The average molecular weight is 298 g/mol. The van der Waals surface area contributed by atoms with Crippen molar-refractivity contribution in [3.63, 3.8) is 0 Å². The highest BCUT2D eigenvalue weighted by Crippen LogP contribution is 2.14. The highest BCUT2D eigenvalue weighted by molar-refractivity contribution is 7.89. The van der Waals surface area contributed by atoms with Gasteiger partial charge in [-0.1, -0.05) is 25.5 Å². The number of rotatable bonds is 7. The Morgan fingerprint density at radius 1 is 1.20 bits per heavy atom. The van der Waals surface area contributed by atoms with Crippen molar-refractivity contribution in [3.05, 3.63) is 29.8 Å². The molecule has 0 bridgehead atoms. The van der Waals surface area contributed by atoms with Crippen LogP contribution in [-0.4, -0.2) is 39.3 Å². The topological polar surface area (TPSA) is 66.5 Å². The SMILES string of the molecule is CCCCNC(=O)Cc1ccc(S(=O)(=O)N(C)C)cc1. The largest absolute Gasteiger partial charge is 0.356 e. The molecule has 0 radical (unpaired) electrons. The predicted molar refractivity (Wildman–Crippen MR) is 78.9 cm³/mol.